The van der Waals surface area contributed by atoms with E-state index in [0.717, 1.165) is 36.3 Å². The third-order valence-corrected chi connectivity index (χ3v) is 5.31. The predicted molar refractivity (Wildman–Crippen MR) is 106 cm³/mol. The van der Waals surface area contributed by atoms with Gasteiger partial charge in [0.15, 0.2) is 0 Å². The maximum atomic E-state index is 12.4. The number of carbonyl (C=O) groups excluding carboxylic acids is 2. The van der Waals surface area contributed by atoms with Crippen LogP contribution in [0.15, 0.2) is 48.5 Å². The first-order chi connectivity index (χ1) is 13.1. The van der Waals surface area contributed by atoms with Crippen LogP contribution in [0.2, 0.25) is 0 Å². The summed E-state index contributed by atoms with van der Waals surface area (Å²) in [5, 5.41) is 5.91. The third-order valence-electron chi connectivity index (χ3n) is 5.31. The Hall–Kier alpha value is -3.02. The standard InChI is InChI=1S/C21H24N4O2/c1-24-11-9-16-7-8-17(13-19(16)24)22-20(26)14-25-12-10-18(23-21(25)27)15-5-3-2-4-6-15/h2-8,13,18H,9-12,14H2,1H3,(H,22,26)(H,23,27). The number of hydrogen-bond donors (Lipinski definition) is 2. The smallest absolute Gasteiger partial charge is 0.318 e. The quantitative estimate of drug-likeness (QED) is 0.877. The molecule has 0 aliphatic carbocycles. The Kier molecular flexibility index (Phi) is 4.71. The molecule has 27 heavy (non-hydrogen) atoms. The molecule has 2 aromatic carbocycles. The number of carbonyl (C=O) groups is 2. The van der Waals surface area contributed by atoms with Gasteiger partial charge in [0.2, 0.25) is 5.91 Å². The van der Waals surface area contributed by atoms with Crippen molar-refractivity contribution in [3.8, 4) is 0 Å². The topological polar surface area (TPSA) is 64.7 Å². The van der Waals surface area contributed by atoms with Crippen molar-refractivity contribution in [2.75, 3.05) is 36.9 Å². The maximum absolute atomic E-state index is 12.4. The third kappa shape index (κ3) is 3.74. The molecule has 0 spiro atoms. The highest BCUT2D eigenvalue weighted by molar-refractivity contribution is 5.95. The van der Waals surface area contributed by atoms with E-state index in [2.05, 4.69) is 28.6 Å². The first-order valence-electron chi connectivity index (χ1n) is 9.34. The first kappa shape index (κ1) is 17.4. The predicted octanol–water partition coefficient (Wildman–Crippen LogP) is 2.77. The normalized spacial score (nSPS) is 18.9. The lowest BCUT2D eigenvalue weighted by Crippen LogP contribution is -2.50. The van der Waals surface area contributed by atoms with E-state index < -0.39 is 0 Å². The molecule has 2 heterocycles. The van der Waals surface area contributed by atoms with Crippen molar-refractivity contribution in [1.82, 2.24) is 10.2 Å². The summed E-state index contributed by atoms with van der Waals surface area (Å²) in [7, 11) is 2.05. The van der Waals surface area contributed by atoms with Gasteiger partial charge in [-0.15, -0.1) is 0 Å². The van der Waals surface area contributed by atoms with Gasteiger partial charge in [0.25, 0.3) is 0 Å². The van der Waals surface area contributed by atoms with Crippen molar-refractivity contribution in [1.29, 1.82) is 0 Å². The van der Waals surface area contributed by atoms with Gasteiger partial charge in [0.05, 0.1) is 6.04 Å². The number of rotatable bonds is 4. The molecular weight excluding hydrogens is 340 g/mol. The summed E-state index contributed by atoms with van der Waals surface area (Å²) in [4.78, 5) is 28.6. The highest BCUT2D eigenvalue weighted by Crippen LogP contribution is 2.29. The molecule has 2 aliphatic heterocycles. The minimum absolute atomic E-state index is 0.00487. The zero-order chi connectivity index (χ0) is 18.8. The van der Waals surface area contributed by atoms with Crippen molar-refractivity contribution >= 4 is 23.3 Å². The Labute approximate surface area is 159 Å². The summed E-state index contributed by atoms with van der Waals surface area (Å²) in [6.07, 6.45) is 1.82. The number of nitrogens with zero attached hydrogens (tertiary/aromatic N) is 2. The van der Waals surface area contributed by atoms with Crippen molar-refractivity contribution in [3.05, 3.63) is 59.7 Å². The van der Waals surface area contributed by atoms with E-state index in [1.54, 1.807) is 4.90 Å². The Morgan fingerprint density at radius 2 is 2.00 bits per heavy atom. The van der Waals surface area contributed by atoms with Crippen LogP contribution in [0.5, 0.6) is 0 Å². The minimum atomic E-state index is -0.195. The summed E-state index contributed by atoms with van der Waals surface area (Å²) in [6.45, 7) is 1.62. The second-order valence-corrected chi connectivity index (χ2v) is 7.19. The number of benzene rings is 2. The van der Waals surface area contributed by atoms with Crippen molar-refractivity contribution in [2.45, 2.75) is 18.9 Å². The van der Waals surface area contributed by atoms with Crippen LogP contribution in [0.1, 0.15) is 23.6 Å². The fraction of sp³-hybridized carbons (Fsp3) is 0.333. The van der Waals surface area contributed by atoms with Gasteiger partial charge in [0.1, 0.15) is 6.54 Å². The summed E-state index contributed by atoms with van der Waals surface area (Å²) in [5.41, 5.74) is 4.33. The molecule has 0 saturated carbocycles. The number of amides is 3. The molecule has 2 aromatic rings. The van der Waals surface area contributed by atoms with E-state index >= 15 is 0 Å². The fourth-order valence-corrected chi connectivity index (χ4v) is 3.78. The zero-order valence-corrected chi connectivity index (χ0v) is 15.4. The highest BCUT2D eigenvalue weighted by Gasteiger charge is 2.27. The van der Waals surface area contributed by atoms with E-state index in [4.69, 9.17) is 0 Å². The molecule has 140 valence electrons. The molecule has 6 nitrogen and oxygen atoms in total. The molecular formula is C21H24N4O2. The van der Waals surface area contributed by atoms with Crippen LogP contribution in [0.4, 0.5) is 16.2 Å². The Balaban J connectivity index is 1.34. The molecule has 0 aromatic heterocycles. The Morgan fingerprint density at radius 1 is 1.19 bits per heavy atom. The summed E-state index contributed by atoms with van der Waals surface area (Å²) >= 11 is 0. The molecule has 6 heteroatoms. The largest absolute Gasteiger partial charge is 0.374 e. The number of fused-ring (bicyclic) bond motifs is 1. The van der Waals surface area contributed by atoms with Crippen LogP contribution in [-0.4, -0.2) is 43.5 Å². The van der Waals surface area contributed by atoms with Crippen LogP contribution in [0, 0.1) is 0 Å². The number of hydrogen-bond acceptors (Lipinski definition) is 3. The number of anilines is 2. The molecule has 0 radical (unpaired) electrons. The van der Waals surface area contributed by atoms with Gasteiger partial charge in [-0.05, 0) is 36.1 Å². The van der Waals surface area contributed by atoms with E-state index in [1.807, 2.05) is 42.5 Å². The highest BCUT2D eigenvalue weighted by atomic mass is 16.2. The molecule has 4 rings (SSSR count). The molecule has 1 fully saturated rings. The van der Waals surface area contributed by atoms with Gasteiger partial charge in [-0.3, -0.25) is 4.79 Å². The second-order valence-electron chi connectivity index (χ2n) is 7.19. The van der Waals surface area contributed by atoms with Crippen molar-refractivity contribution < 1.29 is 9.59 Å². The number of nitrogens with one attached hydrogen (secondary N) is 2. The molecule has 1 saturated heterocycles. The van der Waals surface area contributed by atoms with Crippen molar-refractivity contribution in [2.24, 2.45) is 0 Å². The van der Waals surface area contributed by atoms with Crippen molar-refractivity contribution in [3.63, 3.8) is 0 Å². The van der Waals surface area contributed by atoms with E-state index in [9.17, 15) is 9.59 Å². The van der Waals surface area contributed by atoms with Gasteiger partial charge >= 0.3 is 6.03 Å². The van der Waals surface area contributed by atoms with Crippen LogP contribution in [-0.2, 0) is 11.2 Å². The van der Waals surface area contributed by atoms with Crippen LogP contribution in [0.3, 0.4) is 0 Å². The second kappa shape index (κ2) is 7.31. The maximum Gasteiger partial charge on any atom is 0.318 e. The lowest BCUT2D eigenvalue weighted by molar-refractivity contribution is -0.116. The van der Waals surface area contributed by atoms with Crippen LogP contribution < -0.4 is 15.5 Å². The lowest BCUT2D eigenvalue weighted by Gasteiger charge is -2.32. The average Bonchev–Trinajstić information content (AvgIpc) is 3.04. The Morgan fingerprint density at radius 3 is 2.78 bits per heavy atom. The van der Waals surface area contributed by atoms with Gasteiger partial charge in [-0.1, -0.05) is 36.4 Å². The summed E-state index contributed by atoms with van der Waals surface area (Å²) in [6, 6.07) is 15.7. The van der Waals surface area contributed by atoms with E-state index in [0.29, 0.717) is 6.54 Å². The van der Waals surface area contributed by atoms with E-state index in [-0.39, 0.29) is 24.5 Å². The van der Waals surface area contributed by atoms with Gasteiger partial charge in [-0.25, -0.2) is 4.79 Å². The van der Waals surface area contributed by atoms with Crippen LogP contribution >= 0.6 is 0 Å². The summed E-state index contributed by atoms with van der Waals surface area (Å²) in [5.74, 6) is -0.177. The fourth-order valence-electron chi connectivity index (χ4n) is 3.78. The molecule has 3 amide bonds. The minimum Gasteiger partial charge on any atom is -0.374 e. The van der Waals surface area contributed by atoms with Gasteiger partial charge in [-0.2, -0.15) is 0 Å². The SMILES string of the molecule is CN1CCc2ccc(NC(=O)CN3CCC(c4ccccc4)NC3=O)cc21. The van der Waals surface area contributed by atoms with Gasteiger partial charge in [0, 0.05) is 31.5 Å². The molecule has 2 aliphatic rings. The molecule has 1 atom stereocenters. The van der Waals surface area contributed by atoms with Crippen LogP contribution in [0.25, 0.3) is 0 Å². The molecule has 0 bridgehead atoms. The average molecular weight is 364 g/mol. The number of likely N-dealkylation sites (N-methyl/N-ethyl adjacent to an activating group) is 1. The number of urea groups is 1. The lowest BCUT2D eigenvalue weighted by atomic mass is 10.0. The van der Waals surface area contributed by atoms with Gasteiger partial charge < -0.3 is 20.4 Å². The summed E-state index contributed by atoms with van der Waals surface area (Å²) < 4.78 is 0. The first-order valence-corrected chi connectivity index (χ1v) is 9.34. The zero-order valence-electron chi connectivity index (χ0n) is 15.4. The monoisotopic (exact) mass is 364 g/mol. The molecule has 2 N–H and O–H groups in total. The van der Waals surface area contributed by atoms with E-state index in [1.165, 1.54) is 5.56 Å². The Bertz CT molecular complexity index is 853. The molecule has 1 unspecified atom stereocenters.